The molecular weight excluding hydrogens is 360 g/mol. The van der Waals surface area contributed by atoms with E-state index in [9.17, 15) is 4.79 Å². The molecule has 2 aromatic rings. The Morgan fingerprint density at radius 3 is 2.89 bits per heavy atom. The van der Waals surface area contributed by atoms with Crippen molar-refractivity contribution < 1.29 is 4.79 Å². The van der Waals surface area contributed by atoms with Crippen molar-refractivity contribution in [2.24, 2.45) is 5.92 Å². The third kappa shape index (κ3) is 5.46. The van der Waals surface area contributed by atoms with Gasteiger partial charge in [0.1, 0.15) is 5.82 Å². The van der Waals surface area contributed by atoms with Crippen LogP contribution in [0.2, 0.25) is 0 Å². The minimum absolute atomic E-state index is 0.0787. The molecule has 0 spiro atoms. The first-order chi connectivity index (χ1) is 13.0. The van der Waals surface area contributed by atoms with Crippen molar-refractivity contribution >= 4 is 23.1 Å². The van der Waals surface area contributed by atoms with Crippen LogP contribution in [0, 0.1) is 5.92 Å². The van der Waals surface area contributed by atoms with Gasteiger partial charge in [0.15, 0.2) is 5.69 Å². The van der Waals surface area contributed by atoms with Gasteiger partial charge in [0.25, 0.3) is 5.91 Å². The normalized spacial score (nSPS) is 16.7. The minimum Gasteiger partial charge on any atom is -0.368 e. The number of nitrogens with zero attached hydrogens (tertiary/aromatic N) is 4. The monoisotopic (exact) mass is 388 g/mol. The fourth-order valence-corrected chi connectivity index (χ4v) is 4.04. The van der Waals surface area contributed by atoms with Crippen molar-refractivity contribution in [3.8, 4) is 0 Å². The topological polar surface area (TPSA) is 83.0 Å². The van der Waals surface area contributed by atoms with Crippen LogP contribution in [0.1, 0.15) is 47.4 Å². The molecule has 1 fully saturated rings. The summed E-state index contributed by atoms with van der Waals surface area (Å²) in [7, 11) is 1.83. The Bertz CT molecular complexity index is 739. The van der Waals surface area contributed by atoms with Crippen LogP contribution < -0.4 is 10.6 Å². The van der Waals surface area contributed by atoms with Crippen molar-refractivity contribution in [1.29, 1.82) is 0 Å². The first kappa shape index (κ1) is 19.7. The molecule has 0 saturated carbocycles. The van der Waals surface area contributed by atoms with Gasteiger partial charge in [0.2, 0.25) is 0 Å². The Morgan fingerprint density at radius 2 is 2.26 bits per heavy atom. The van der Waals surface area contributed by atoms with Crippen LogP contribution in [0.3, 0.4) is 0 Å². The van der Waals surface area contributed by atoms with Gasteiger partial charge >= 0.3 is 0 Å². The zero-order valence-electron chi connectivity index (χ0n) is 16.2. The zero-order valence-corrected chi connectivity index (χ0v) is 17.1. The molecule has 27 heavy (non-hydrogen) atoms. The van der Waals surface area contributed by atoms with Crippen molar-refractivity contribution in [3.05, 3.63) is 33.9 Å². The molecule has 8 heteroatoms. The van der Waals surface area contributed by atoms with Crippen molar-refractivity contribution in [3.63, 3.8) is 0 Å². The molecule has 1 aliphatic rings. The van der Waals surface area contributed by atoms with Crippen molar-refractivity contribution in [1.82, 2.24) is 25.4 Å². The van der Waals surface area contributed by atoms with E-state index < -0.39 is 0 Å². The molecule has 1 saturated heterocycles. The van der Waals surface area contributed by atoms with Gasteiger partial charge in [0, 0.05) is 31.9 Å². The third-order valence-electron chi connectivity index (χ3n) is 4.73. The maximum absolute atomic E-state index is 12.5. The first-order valence-electron chi connectivity index (χ1n) is 9.51. The summed E-state index contributed by atoms with van der Waals surface area (Å²) >= 11 is 1.69. The lowest BCUT2D eigenvalue weighted by atomic mass is 10.1. The van der Waals surface area contributed by atoms with Crippen LogP contribution >= 0.6 is 11.3 Å². The number of anilines is 1. The van der Waals surface area contributed by atoms with E-state index >= 15 is 0 Å². The van der Waals surface area contributed by atoms with E-state index in [4.69, 9.17) is 0 Å². The number of nitrogens with one attached hydrogen (secondary N) is 2. The van der Waals surface area contributed by atoms with Crippen LogP contribution in [-0.4, -0.2) is 59.2 Å². The van der Waals surface area contributed by atoms with Crippen molar-refractivity contribution in [2.75, 3.05) is 38.5 Å². The fourth-order valence-electron chi connectivity index (χ4n) is 3.08. The molecule has 7 nitrogen and oxygen atoms in total. The number of carbonyl (C=O) groups is 1. The lowest BCUT2D eigenvalue weighted by molar-refractivity contribution is 0.0769. The minimum atomic E-state index is -0.0787. The van der Waals surface area contributed by atoms with E-state index in [1.54, 1.807) is 22.3 Å². The average Bonchev–Trinajstić information content (AvgIpc) is 3.34. The highest BCUT2D eigenvalue weighted by atomic mass is 32.1. The van der Waals surface area contributed by atoms with E-state index in [-0.39, 0.29) is 5.91 Å². The van der Waals surface area contributed by atoms with Gasteiger partial charge in [-0.3, -0.25) is 4.79 Å². The Morgan fingerprint density at radius 1 is 1.41 bits per heavy atom. The Labute approximate surface area is 164 Å². The van der Waals surface area contributed by atoms with Crippen LogP contribution in [0.25, 0.3) is 0 Å². The van der Waals surface area contributed by atoms with Gasteiger partial charge in [-0.1, -0.05) is 13.8 Å². The van der Waals surface area contributed by atoms with E-state index in [2.05, 4.69) is 45.0 Å². The van der Waals surface area contributed by atoms with Gasteiger partial charge in [-0.25, -0.2) is 4.98 Å². The van der Waals surface area contributed by atoms with Gasteiger partial charge in [-0.15, -0.1) is 21.5 Å². The summed E-state index contributed by atoms with van der Waals surface area (Å²) in [5, 5.41) is 18.0. The molecule has 2 aromatic heterocycles. The largest absolute Gasteiger partial charge is 0.368 e. The van der Waals surface area contributed by atoms with Crippen LogP contribution in [0.4, 0.5) is 5.82 Å². The maximum atomic E-state index is 12.5. The molecule has 0 bridgehead atoms. The number of rotatable bonds is 8. The highest BCUT2D eigenvalue weighted by Gasteiger charge is 2.20. The molecule has 0 aliphatic carbocycles. The number of carbonyl (C=O) groups excluding carboxylic acids is 1. The van der Waals surface area contributed by atoms with E-state index in [0.717, 1.165) is 49.7 Å². The molecule has 0 radical (unpaired) electrons. The molecule has 1 aliphatic heterocycles. The fraction of sp³-hybridized carbons (Fsp3) is 0.579. The molecule has 146 valence electrons. The lowest BCUT2D eigenvalue weighted by Crippen LogP contribution is -2.33. The molecule has 1 unspecified atom stereocenters. The van der Waals surface area contributed by atoms with Gasteiger partial charge in [-0.05, 0) is 43.5 Å². The zero-order chi connectivity index (χ0) is 19.2. The van der Waals surface area contributed by atoms with Gasteiger partial charge < -0.3 is 15.5 Å². The molecule has 1 amide bonds. The maximum Gasteiger partial charge on any atom is 0.274 e. The first-order valence-corrected chi connectivity index (χ1v) is 10.4. The summed E-state index contributed by atoms with van der Waals surface area (Å²) in [5.41, 5.74) is 1.53. The highest BCUT2D eigenvalue weighted by Crippen LogP contribution is 2.18. The summed E-state index contributed by atoms with van der Waals surface area (Å²) in [4.78, 5) is 18.8. The number of hydrogen-bond donors (Lipinski definition) is 2. The second-order valence-electron chi connectivity index (χ2n) is 7.35. The Kier molecular flexibility index (Phi) is 6.73. The van der Waals surface area contributed by atoms with Crippen molar-refractivity contribution in [2.45, 2.75) is 32.6 Å². The number of hydrogen-bond acceptors (Lipinski definition) is 7. The van der Waals surface area contributed by atoms with E-state index in [1.165, 1.54) is 0 Å². The number of amides is 1. The van der Waals surface area contributed by atoms with E-state index in [0.29, 0.717) is 23.3 Å². The molecular formula is C19H28N6OS. The molecule has 1 atom stereocenters. The average molecular weight is 389 g/mol. The molecule has 2 N–H and O–H groups in total. The lowest BCUT2D eigenvalue weighted by Gasteiger charge is -2.20. The standard InChI is InChI=1S/C19H28N6OS/c1-13(2)16-12-27-18(22-16)7-9-21-17-5-4-15(23-24-17)19(26)25(3)11-14-6-8-20-10-14/h4-5,12-14,20H,6-11H2,1-3H3,(H,21,24). The summed E-state index contributed by atoms with van der Waals surface area (Å²) in [6, 6.07) is 3.55. The number of thiazole rings is 1. The van der Waals surface area contributed by atoms with Gasteiger partial charge in [0.05, 0.1) is 10.7 Å². The highest BCUT2D eigenvalue weighted by molar-refractivity contribution is 7.09. The Hall–Kier alpha value is -2.06. The summed E-state index contributed by atoms with van der Waals surface area (Å²) < 4.78 is 0. The smallest absolute Gasteiger partial charge is 0.274 e. The molecule has 0 aromatic carbocycles. The van der Waals surface area contributed by atoms with Crippen LogP contribution in [0.15, 0.2) is 17.5 Å². The van der Waals surface area contributed by atoms with E-state index in [1.807, 2.05) is 13.1 Å². The molecule has 3 heterocycles. The summed E-state index contributed by atoms with van der Waals surface area (Å²) in [5.74, 6) is 1.58. The second kappa shape index (κ2) is 9.23. The van der Waals surface area contributed by atoms with Crippen LogP contribution in [0.5, 0.6) is 0 Å². The van der Waals surface area contributed by atoms with Gasteiger partial charge in [-0.2, -0.15) is 0 Å². The number of aromatic nitrogens is 3. The quantitative estimate of drug-likeness (QED) is 0.722. The Balaban J connectivity index is 1.46. The third-order valence-corrected chi connectivity index (χ3v) is 5.66. The second-order valence-corrected chi connectivity index (χ2v) is 8.29. The molecule has 3 rings (SSSR count). The summed E-state index contributed by atoms with van der Waals surface area (Å²) in [6.07, 6.45) is 1.96. The van der Waals surface area contributed by atoms with Crippen LogP contribution in [-0.2, 0) is 6.42 Å². The summed E-state index contributed by atoms with van der Waals surface area (Å²) in [6.45, 7) is 7.80. The predicted octanol–water partition coefficient (Wildman–Crippen LogP) is 2.39. The SMILES string of the molecule is CC(C)c1csc(CCNc2ccc(C(=O)N(C)CC3CCNC3)nn2)n1. The predicted molar refractivity (Wildman–Crippen MR) is 108 cm³/mol.